The number of ether oxygens (including phenoxy) is 1. The van der Waals surface area contributed by atoms with Crippen LogP contribution in [0.5, 0.6) is 5.75 Å². The summed E-state index contributed by atoms with van der Waals surface area (Å²) in [5, 5.41) is 17.3. The summed E-state index contributed by atoms with van der Waals surface area (Å²) in [7, 11) is 1.62. The van der Waals surface area contributed by atoms with Crippen molar-refractivity contribution in [3.63, 3.8) is 0 Å². The Labute approximate surface area is 186 Å². The fourth-order valence-electron chi connectivity index (χ4n) is 4.70. The molecule has 0 unspecified atom stereocenters. The number of rotatable bonds is 6. The topological polar surface area (TPSA) is 106 Å². The Bertz CT molecular complexity index is 1210. The van der Waals surface area contributed by atoms with Crippen LogP contribution in [-0.4, -0.2) is 35.6 Å². The van der Waals surface area contributed by atoms with E-state index in [4.69, 9.17) is 4.74 Å². The van der Waals surface area contributed by atoms with Gasteiger partial charge in [0.25, 0.3) is 0 Å². The highest BCUT2D eigenvalue weighted by Gasteiger charge is 2.23. The van der Waals surface area contributed by atoms with Crippen LogP contribution in [0.2, 0.25) is 0 Å². The molecule has 0 bridgehead atoms. The maximum absolute atomic E-state index is 12.1. The lowest BCUT2D eigenvalue weighted by molar-refractivity contribution is -0.117. The SMILES string of the molecule is COc1cc(N2CCCC2=O)ccc1Nc1cc(NC2CCCC2)c2c(C#N)c[nH]c2n1. The van der Waals surface area contributed by atoms with Crippen LogP contribution in [0.3, 0.4) is 0 Å². The predicted octanol–water partition coefficient (Wildman–Crippen LogP) is 4.67. The Balaban J connectivity index is 1.48. The van der Waals surface area contributed by atoms with Crippen molar-refractivity contribution in [2.75, 3.05) is 29.2 Å². The number of hydrogen-bond acceptors (Lipinski definition) is 6. The minimum atomic E-state index is 0.141. The average Bonchev–Trinajstić information content (AvgIpc) is 3.55. The molecule has 2 aliphatic rings. The van der Waals surface area contributed by atoms with Gasteiger partial charge in [-0.3, -0.25) is 4.79 Å². The maximum Gasteiger partial charge on any atom is 0.227 e. The quantitative estimate of drug-likeness (QED) is 0.525. The van der Waals surface area contributed by atoms with Crippen molar-refractivity contribution in [3.8, 4) is 11.8 Å². The molecule has 32 heavy (non-hydrogen) atoms. The Morgan fingerprint density at radius 2 is 2.06 bits per heavy atom. The van der Waals surface area contributed by atoms with E-state index in [0.717, 1.165) is 48.3 Å². The van der Waals surface area contributed by atoms with Crippen molar-refractivity contribution in [3.05, 3.63) is 36.0 Å². The predicted molar refractivity (Wildman–Crippen MR) is 125 cm³/mol. The number of nitrogens with zero attached hydrogens (tertiary/aromatic N) is 3. The zero-order valence-electron chi connectivity index (χ0n) is 18.1. The normalized spacial score (nSPS) is 16.5. The fraction of sp³-hybridized carbons (Fsp3) is 0.375. The molecule has 0 radical (unpaired) electrons. The lowest BCUT2D eigenvalue weighted by Gasteiger charge is -2.19. The first-order valence-electron chi connectivity index (χ1n) is 11.1. The van der Waals surface area contributed by atoms with E-state index in [9.17, 15) is 10.1 Å². The van der Waals surface area contributed by atoms with Crippen LogP contribution in [0.25, 0.3) is 11.0 Å². The van der Waals surface area contributed by atoms with Crippen LogP contribution in [0.4, 0.5) is 22.9 Å². The molecular formula is C24H26N6O2. The third kappa shape index (κ3) is 3.71. The van der Waals surface area contributed by atoms with Crippen molar-refractivity contribution < 1.29 is 9.53 Å². The van der Waals surface area contributed by atoms with Crippen LogP contribution in [0.15, 0.2) is 30.5 Å². The van der Waals surface area contributed by atoms with Gasteiger partial charge in [0.15, 0.2) is 0 Å². The molecule has 1 saturated carbocycles. The number of fused-ring (bicyclic) bond motifs is 1. The molecule has 1 aliphatic heterocycles. The van der Waals surface area contributed by atoms with Gasteiger partial charge < -0.3 is 25.3 Å². The maximum atomic E-state index is 12.1. The molecule has 0 atom stereocenters. The smallest absolute Gasteiger partial charge is 0.227 e. The van der Waals surface area contributed by atoms with E-state index in [0.29, 0.717) is 35.2 Å². The molecule has 1 aliphatic carbocycles. The first-order valence-corrected chi connectivity index (χ1v) is 11.1. The lowest BCUT2D eigenvalue weighted by Crippen LogP contribution is -2.23. The number of anilines is 4. The molecule has 3 heterocycles. The Hall–Kier alpha value is -3.73. The standard InChI is InChI=1S/C24H26N6O2/c1-32-20-11-17(30-10-4-7-22(30)31)8-9-18(20)28-21-12-19(27-16-5-2-3-6-16)23-15(13-25)14-26-24(23)29-21/h8-9,11-12,14,16H,2-7,10H2,1H3,(H3,26,27,28,29). The molecule has 0 spiro atoms. The number of carbonyl (C=O) groups excluding carboxylic acids is 1. The Morgan fingerprint density at radius 1 is 1.22 bits per heavy atom. The van der Waals surface area contributed by atoms with Crippen LogP contribution < -0.4 is 20.3 Å². The van der Waals surface area contributed by atoms with Crippen LogP contribution >= 0.6 is 0 Å². The first-order chi connectivity index (χ1) is 15.7. The number of aromatic amines is 1. The molecule has 164 valence electrons. The Kier molecular flexibility index (Phi) is 5.31. The van der Waals surface area contributed by atoms with Gasteiger partial charge in [0.2, 0.25) is 5.91 Å². The third-order valence-electron chi connectivity index (χ3n) is 6.31. The van der Waals surface area contributed by atoms with Crippen molar-refractivity contribution in [1.82, 2.24) is 9.97 Å². The van der Waals surface area contributed by atoms with Gasteiger partial charge in [0.1, 0.15) is 23.3 Å². The van der Waals surface area contributed by atoms with Crippen LogP contribution in [-0.2, 0) is 4.79 Å². The van der Waals surface area contributed by atoms with Gasteiger partial charge >= 0.3 is 0 Å². The Morgan fingerprint density at radius 3 is 2.78 bits per heavy atom. The molecule has 2 aromatic heterocycles. The molecule has 1 saturated heterocycles. The molecule has 5 rings (SSSR count). The summed E-state index contributed by atoms with van der Waals surface area (Å²) in [6, 6.07) is 10.3. The van der Waals surface area contributed by atoms with Crippen molar-refractivity contribution in [2.45, 2.75) is 44.6 Å². The molecule has 3 N–H and O–H groups in total. The second-order valence-electron chi connectivity index (χ2n) is 8.38. The highest BCUT2D eigenvalue weighted by molar-refractivity contribution is 5.97. The average molecular weight is 431 g/mol. The van der Waals surface area contributed by atoms with E-state index >= 15 is 0 Å². The van der Waals surface area contributed by atoms with Gasteiger partial charge in [-0.15, -0.1) is 0 Å². The molecular weight excluding hydrogens is 404 g/mol. The number of aromatic nitrogens is 2. The summed E-state index contributed by atoms with van der Waals surface area (Å²) in [6.07, 6.45) is 7.86. The van der Waals surface area contributed by atoms with Gasteiger partial charge in [0, 0.05) is 43.0 Å². The van der Waals surface area contributed by atoms with Gasteiger partial charge in [-0.1, -0.05) is 12.8 Å². The molecule has 1 amide bonds. The summed E-state index contributed by atoms with van der Waals surface area (Å²) < 4.78 is 5.61. The van der Waals surface area contributed by atoms with E-state index in [-0.39, 0.29) is 5.91 Å². The highest BCUT2D eigenvalue weighted by Crippen LogP contribution is 2.36. The molecule has 2 fully saturated rings. The van der Waals surface area contributed by atoms with Crippen LogP contribution in [0.1, 0.15) is 44.1 Å². The number of hydrogen-bond donors (Lipinski definition) is 3. The summed E-state index contributed by atoms with van der Waals surface area (Å²) in [5.41, 5.74) is 3.74. The second-order valence-corrected chi connectivity index (χ2v) is 8.38. The van der Waals surface area contributed by atoms with E-state index in [1.165, 1.54) is 12.8 Å². The summed E-state index contributed by atoms with van der Waals surface area (Å²) in [6.45, 7) is 0.733. The molecule has 8 heteroatoms. The lowest BCUT2D eigenvalue weighted by atomic mass is 10.1. The zero-order valence-corrected chi connectivity index (χ0v) is 18.1. The largest absolute Gasteiger partial charge is 0.494 e. The number of pyridine rings is 1. The number of methoxy groups -OCH3 is 1. The molecule has 1 aromatic carbocycles. The number of nitrogens with one attached hydrogen (secondary N) is 3. The summed E-state index contributed by atoms with van der Waals surface area (Å²) in [4.78, 5) is 21.7. The molecule has 8 nitrogen and oxygen atoms in total. The second kappa shape index (κ2) is 8.42. The van der Waals surface area contributed by atoms with Gasteiger partial charge in [-0.05, 0) is 31.4 Å². The number of H-pyrrole nitrogens is 1. The minimum Gasteiger partial charge on any atom is -0.494 e. The van der Waals surface area contributed by atoms with Crippen molar-refractivity contribution >= 4 is 39.8 Å². The van der Waals surface area contributed by atoms with Gasteiger partial charge in [-0.25, -0.2) is 4.98 Å². The zero-order chi connectivity index (χ0) is 22.1. The number of benzene rings is 1. The van der Waals surface area contributed by atoms with Gasteiger partial charge in [-0.2, -0.15) is 5.26 Å². The first kappa shape index (κ1) is 20.2. The fourth-order valence-corrected chi connectivity index (χ4v) is 4.70. The van der Waals surface area contributed by atoms with E-state index in [1.807, 2.05) is 24.3 Å². The van der Waals surface area contributed by atoms with Gasteiger partial charge in [0.05, 0.1) is 29.4 Å². The van der Waals surface area contributed by atoms with Crippen molar-refractivity contribution in [1.29, 1.82) is 5.26 Å². The third-order valence-corrected chi connectivity index (χ3v) is 6.31. The molecule has 3 aromatic rings. The summed E-state index contributed by atoms with van der Waals surface area (Å²) in [5.74, 6) is 1.42. The van der Waals surface area contributed by atoms with E-state index in [1.54, 1.807) is 18.2 Å². The van der Waals surface area contributed by atoms with E-state index in [2.05, 4.69) is 26.7 Å². The van der Waals surface area contributed by atoms with Crippen molar-refractivity contribution in [2.24, 2.45) is 0 Å². The van der Waals surface area contributed by atoms with Crippen LogP contribution in [0, 0.1) is 11.3 Å². The highest BCUT2D eigenvalue weighted by atomic mass is 16.5. The van der Waals surface area contributed by atoms with E-state index < -0.39 is 0 Å². The minimum absolute atomic E-state index is 0.141. The monoisotopic (exact) mass is 430 g/mol. The number of carbonyl (C=O) groups is 1. The number of amides is 1. The summed E-state index contributed by atoms with van der Waals surface area (Å²) >= 11 is 0. The number of nitriles is 1.